The number of aryl methyl sites for hydroxylation is 1. The molecule has 0 N–H and O–H groups in total. The van der Waals surface area contributed by atoms with Crippen molar-refractivity contribution in [1.29, 1.82) is 0 Å². The van der Waals surface area contributed by atoms with Crippen molar-refractivity contribution in [3.63, 3.8) is 0 Å². The highest BCUT2D eigenvalue weighted by Crippen LogP contribution is 2.25. The summed E-state index contributed by atoms with van der Waals surface area (Å²) >= 11 is 0. The number of benzene rings is 2. The molecule has 0 saturated carbocycles. The van der Waals surface area contributed by atoms with Gasteiger partial charge in [-0.1, -0.05) is 31.2 Å². The summed E-state index contributed by atoms with van der Waals surface area (Å²) in [5.74, 6) is 0.118. The maximum absolute atomic E-state index is 11.6. The van der Waals surface area contributed by atoms with E-state index >= 15 is 0 Å². The predicted molar refractivity (Wildman–Crippen MR) is 90.9 cm³/mol. The summed E-state index contributed by atoms with van der Waals surface area (Å²) in [6, 6.07) is 13.5. The lowest BCUT2D eigenvalue weighted by atomic mass is 10.2. The number of para-hydroxylation sites is 2. The van der Waals surface area contributed by atoms with E-state index in [1.807, 2.05) is 24.3 Å². The summed E-state index contributed by atoms with van der Waals surface area (Å²) < 4.78 is 15.6. The number of nitrogens with zero attached hydrogens (tertiary/aromatic N) is 1. The fraction of sp³-hybridized carbons (Fsp3) is 0.278. The minimum atomic E-state index is -0.621. The van der Waals surface area contributed by atoms with E-state index in [-0.39, 0.29) is 24.7 Å². The molecule has 0 bridgehead atoms. The van der Waals surface area contributed by atoms with Crippen molar-refractivity contribution in [1.82, 2.24) is 0 Å². The van der Waals surface area contributed by atoms with E-state index in [1.54, 1.807) is 6.07 Å². The first-order chi connectivity index (χ1) is 12.1. The molecule has 7 heteroatoms. The van der Waals surface area contributed by atoms with Gasteiger partial charge in [0.15, 0.2) is 12.4 Å². The minimum Gasteiger partial charge on any atom is -0.490 e. The number of rotatable bonds is 9. The highest BCUT2D eigenvalue weighted by molar-refractivity contribution is 5.71. The molecule has 7 nitrogen and oxygen atoms in total. The van der Waals surface area contributed by atoms with Crippen molar-refractivity contribution < 1.29 is 23.9 Å². The average molecular weight is 345 g/mol. The Bertz CT molecular complexity index is 731. The molecule has 2 rings (SSSR count). The van der Waals surface area contributed by atoms with Crippen LogP contribution in [0.2, 0.25) is 0 Å². The smallest absolute Gasteiger partial charge is 0.344 e. The topological polar surface area (TPSA) is 87.9 Å². The lowest BCUT2D eigenvalue weighted by molar-refractivity contribution is -0.385. The first kappa shape index (κ1) is 18.3. The zero-order valence-corrected chi connectivity index (χ0v) is 13.8. The monoisotopic (exact) mass is 345 g/mol. The van der Waals surface area contributed by atoms with Crippen LogP contribution in [0.3, 0.4) is 0 Å². The van der Waals surface area contributed by atoms with Gasteiger partial charge in [-0.25, -0.2) is 4.79 Å². The summed E-state index contributed by atoms with van der Waals surface area (Å²) in [6.45, 7) is 1.92. The van der Waals surface area contributed by atoms with Crippen LogP contribution in [0.1, 0.15) is 12.5 Å². The normalized spacial score (nSPS) is 10.1. The number of hydrogen-bond acceptors (Lipinski definition) is 6. The maximum atomic E-state index is 11.6. The van der Waals surface area contributed by atoms with Crippen LogP contribution < -0.4 is 9.47 Å². The summed E-state index contributed by atoms with van der Waals surface area (Å²) in [5, 5.41) is 10.9. The van der Waals surface area contributed by atoms with Gasteiger partial charge in [0.05, 0.1) is 4.92 Å². The molecule has 0 aromatic heterocycles. The van der Waals surface area contributed by atoms with Gasteiger partial charge in [0.2, 0.25) is 0 Å². The highest BCUT2D eigenvalue weighted by atomic mass is 16.6. The number of carbonyl (C=O) groups is 1. The molecule has 0 fully saturated rings. The zero-order valence-electron chi connectivity index (χ0n) is 13.8. The third kappa shape index (κ3) is 5.80. The second-order valence-corrected chi connectivity index (χ2v) is 5.08. The Labute approximate surface area is 145 Å². The first-order valence-electron chi connectivity index (χ1n) is 7.83. The molecule has 132 valence electrons. The number of ether oxygens (including phenoxy) is 3. The second kappa shape index (κ2) is 9.27. The van der Waals surface area contributed by atoms with Crippen molar-refractivity contribution in [3.05, 3.63) is 64.2 Å². The third-order valence-corrected chi connectivity index (χ3v) is 3.33. The number of esters is 1. The lowest BCUT2D eigenvalue weighted by Gasteiger charge is -2.09. The van der Waals surface area contributed by atoms with Crippen LogP contribution in [-0.2, 0) is 16.0 Å². The van der Waals surface area contributed by atoms with Crippen LogP contribution in [0.25, 0.3) is 0 Å². The minimum absolute atomic E-state index is 0.0251. The molecule has 0 spiro atoms. The van der Waals surface area contributed by atoms with Crippen molar-refractivity contribution in [2.75, 3.05) is 19.8 Å². The molecule has 0 atom stereocenters. The number of hydrogen-bond donors (Lipinski definition) is 0. The average Bonchev–Trinajstić information content (AvgIpc) is 2.64. The molecular weight excluding hydrogens is 326 g/mol. The van der Waals surface area contributed by atoms with Crippen molar-refractivity contribution >= 4 is 11.7 Å². The standard InChI is InChI=1S/C18H19NO6/c1-2-14-6-5-7-15(12-14)23-10-11-24-18(20)13-25-17-9-4-3-8-16(17)19(21)22/h3-9,12H,2,10-11,13H2,1H3. The lowest BCUT2D eigenvalue weighted by Crippen LogP contribution is -2.18. The molecule has 0 aliphatic heterocycles. The van der Waals surface area contributed by atoms with E-state index in [0.717, 1.165) is 12.0 Å². The largest absolute Gasteiger partial charge is 0.490 e. The van der Waals surface area contributed by atoms with Gasteiger partial charge in [-0.2, -0.15) is 0 Å². The molecule has 0 radical (unpaired) electrons. The number of nitro benzene ring substituents is 1. The Hall–Kier alpha value is -3.09. The molecule has 0 saturated heterocycles. The summed E-state index contributed by atoms with van der Waals surface area (Å²) in [7, 11) is 0. The molecule has 0 aliphatic rings. The molecule has 0 amide bonds. The van der Waals surface area contributed by atoms with Gasteiger partial charge in [0.1, 0.15) is 19.0 Å². The summed E-state index contributed by atoms with van der Waals surface area (Å²) in [6.07, 6.45) is 0.912. The SMILES string of the molecule is CCc1cccc(OCCOC(=O)COc2ccccc2[N+](=O)[O-])c1. The Morgan fingerprint density at radius 2 is 1.88 bits per heavy atom. The highest BCUT2D eigenvalue weighted by Gasteiger charge is 2.15. The van der Waals surface area contributed by atoms with Crippen molar-refractivity contribution in [3.8, 4) is 11.5 Å². The van der Waals surface area contributed by atoms with Crippen LogP contribution in [0.15, 0.2) is 48.5 Å². The van der Waals surface area contributed by atoms with Gasteiger partial charge in [-0.3, -0.25) is 10.1 Å². The molecule has 2 aromatic rings. The first-order valence-corrected chi connectivity index (χ1v) is 7.83. The fourth-order valence-electron chi connectivity index (χ4n) is 2.08. The molecular formula is C18H19NO6. The van der Waals surface area contributed by atoms with E-state index in [1.165, 1.54) is 18.2 Å². The van der Waals surface area contributed by atoms with Gasteiger partial charge in [-0.05, 0) is 30.2 Å². The third-order valence-electron chi connectivity index (χ3n) is 3.33. The molecule has 0 heterocycles. The van der Waals surface area contributed by atoms with E-state index in [9.17, 15) is 14.9 Å². The summed E-state index contributed by atoms with van der Waals surface area (Å²) in [4.78, 5) is 21.9. The number of carbonyl (C=O) groups excluding carboxylic acids is 1. The molecule has 2 aromatic carbocycles. The van der Waals surface area contributed by atoms with Gasteiger partial charge in [0.25, 0.3) is 0 Å². The van der Waals surface area contributed by atoms with E-state index < -0.39 is 17.5 Å². The Kier molecular flexibility index (Phi) is 6.76. The quantitative estimate of drug-likeness (QED) is 0.300. The Balaban J connectivity index is 1.71. The van der Waals surface area contributed by atoms with Crippen molar-refractivity contribution in [2.45, 2.75) is 13.3 Å². The van der Waals surface area contributed by atoms with Gasteiger partial charge < -0.3 is 14.2 Å². The maximum Gasteiger partial charge on any atom is 0.344 e. The molecule has 0 unspecified atom stereocenters. The molecule has 25 heavy (non-hydrogen) atoms. The summed E-state index contributed by atoms with van der Waals surface area (Å²) in [5.41, 5.74) is 0.960. The predicted octanol–water partition coefficient (Wildman–Crippen LogP) is 3.16. The van der Waals surface area contributed by atoms with Crippen LogP contribution >= 0.6 is 0 Å². The number of nitro groups is 1. The van der Waals surface area contributed by atoms with Gasteiger partial charge in [-0.15, -0.1) is 0 Å². The fourth-order valence-corrected chi connectivity index (χ4v) is 2.08. The van der Waals surface area contributed by atoms with Gasteiger partial charge in [0, 0.05) is 6.07 Å². The Morgan fingerprint density at radius 3 is 2.64 bits per heavy atom. The van der Waals surface area contributed by atoms with E-state index in [2.05, 4.69) is 6.92 Å². The Morgan fingerprint density at radius 1 is 1.08 bits per heavy atom. The zero-order chi connectivity index (χ0) is 18.1. The molecule has 0 aliphatic carbocycles. The second-order valence-electron chi connectivity index (χ2n) is 5.08. The van der Waals surface area contributed by atoms with E-state index in [4.69, 9.17) is 14.2 Å². The van der Waals surface area contributed by atoms with Gasteiger partial charge >= 0.3 is 11.7 Å². The van der Waals surface area contributed by atoms with Crippen LogP contribution in [0, 0.1) is 10.1 Å². The van der Waals surface area contributed by atoms with Crippen LogP contribution in [0.4, 0.5) is 5.69 Å². The van der Waals surface area contributed by atoms with Crippen LogP contribution in [0.5, 0.6) is 11.5 Å². The van der Waals surface area contributed by atoms with Crippen LogP contribution in [-0.4, -0.2) is 30.7 Å². The van der Waals surface area contributed by atoms with E-state index in [0.29, 0.717) is 5.75 Å². The van der Waals surface area contributed by atoms with Crippen molar-refractivity contribution in [2.24, 2.45) is 0 Å².